The lowest BCUT2D eigenvalue weighted by molar-refractivity contribution is 0.218. The topological polar surface area (TPSA) is 29.5 Å². The van der Waals surface area contributed by atoms with Gasteiger partial charge in [-0.25, -0.2) is 13.2 Å². The van der Waals surface area contributed by atoms with E-state index in [4.69, 9.17) is 4.74 Å². The van der Waals surface area contributed by atoms with Gasteiger partial charge in [0.15, 0.2) is 17.5 Å². The summed E-state index contributed by atoms with van der Waals surface area (Å²) in [4.78, 5) is 0. The number of aliphatic hydroxyl groups is 1. The number of hydrogen-bond acceptors (Lipinski definition) is 2. The van der Waals surface area contributed by atoms with E-state index in [1.807, 2.05) is 6.92 Å². The molecule has 2 unspecified atom stereocenters. The molecule has 2 nitrogen and oxygen atoms in total. The van der Waals surface area contributed by atoms with Crippen molar-refractivity contribution in [3.8, 4) is 5.75 Å². The molecule has 0 spiro atoms. The Bertz CT molecular complexity index is 677. The predicted octanol–water partition coefficient (Wildman–Crippen LogP) is 3.51. The number of hydrogen-bond donors (Lipinski definition) is 1. The van der Waals surface area contributed by atoms with E-state index in [0.29, 0.717) is 12.0 Å². The van der Waals surface area contributed by atoms with Crippen LogP contribution in [0.2, 0.25) is 0 Å². The lowest BCUT2D eigenvalue weighted by Gasteiger charge is -2.13. The first-order valence-corrected chi connectivity index (χ1v) is 6.57. The van der Waals surface area contributed by atoms with Crippen LogP contribution >= 0.6 is 0 Å². The van der Waals surface area contributed by atoms with Crippen molar-refractivity contribution in [3.05, 3.63) is 64.5 Å². The quantitative estimate of drug-likeness (QED) is 0.859. The maximum atomic E-state index is 13.2. The molecule has 2 aromatic rings. The molecule has 1 heterocycles. The van der Waals surface area contributed by atoms with Gasteiger partial charge in [0, 0.05) is 6.42 Å². The highest BCUT2D eigenvalue weighted by Gasteiger charge is 2.22. The fourth-order valence-corrected chi connectivity index (χ4v) is 2.54. The van der Waals surface area contributed by atoms with Crippen LogP contribution in [0.5, 0.6) is 5.75 Å². The van der Waals surface area contributed by atoms with Gasteiger partial charge in [0.1, 0.15) is 18.0 Å². The summed E-state index contributed by atoms with van der Waals surface area (Å²) < 4.78 is 45.0. The summed E-state index contributed by atoms with van der Waals surface area (Å²) in [6.07, 6.45) is -0.453. The van der Waals surface area contributed by atoms with Crippen molar-refractivity contribution in [1.29, 1.82) is 0 Å². The minimum absolute atomic E-state index is 0.0293. The number of fused-ring (bicyclic) bond motifs is 1. The zero-order chi connectivity index (χ0) is 15.1. The fourth-order valence-electron chi connectivity index (χ4n) is 2.54. The van der Waals surface area contributed by atoms with E-state index in [-0.39, 0.29) is 11.7 Å². The van der Waals surface area contributed by atoms with Gasteiger partial charge in [-0.2, -0.15) is 0 Å². The minimum Gasteiger partial charge on any atom is -0.490 e. The Morgan fingerprint density at radius 2 is 1.76 bits per heavy atom. The number of aliphatic hydroxyl groups excluding tert-OH is 1. The third kappa shape index (κ3) is 2.49. The summed E-state index contributed by atoms with van der Waals surface area (Å²) >= 11 is 0. The monoisotopic (exact) mass is 294 g/mol. The third-order valence-corrected chi connectivity index (χ3v) is 3.56. The van der Waals surface area contributed by atoms with Crippen molar-refractivity contribution in [1.82, 2.24) is 0 Å². The Labute approximate surface area is 119 Å². The van der Waals surface area contributed by atoms with Crippen LogP contribution in [-0.4, -0.2) is 11.2 Å². The average Bonchev–Trinajstić information content (AvgIpc) is 2.82. The number of rotatable bonds is 2. The van der Waals surface area contributed by atoms with Crippen molar-refractivity contribution < 1.29 is 23.0 Å². The zero-order valence-electron chi connectivity index (χ0n) is 11.2. The Hall–Kier alpha value is -2.01. The van der Waals surface area contributed by atoms with Crippen LogP contribution in [0.1, 0.15) is 29.7 Å². The summed E-state index contributed by atoms with van der Waals surface area (Å²) in [5.74, 6) is -3.43. The second kappa shape index (κ2) is 5.07. The Balaban J connectivity index is 1.96. The Morgan fingerprint density at radius 3 is 2.43 bits per heavy atom. The van der Waals surface area contributed by atoms with E-state index in [9.17, 15) is 18.3 Å². The predicted molar refractivity (Wildman–Crippen MR) is 70.6 cm³/mol. The van der Waals surface area contributed by atoms with Gasteiger partial charge in [0.2, 0.25) is 0 Å². The van der Waals surface area contributed by atoms with Crippen molar-refractivity contribution in [2.75, 3.05) is 0 Å². The van der Waals surface area contributed by atoms with Crippen LogP contribution in [0, 0.1) is 17.5 Å². The molecule has 2 atom stereocenters. The summed E-state index contributed by atoms with van der Waals surface area (Å²) in [5.41, 5.74) is 1.39. The van der Waals surface area contributed by atoms with Gasteiger partial charge < -0.3 is 9.84 Å². The van der Waals surface area contributed by atoms with Crippen molar-refractivity contribution in [2.24, 2.45) is 0 Å². The standard InChI is InChI=1S/C16H13F3O2/c1-8-4-10-5-9(2-3-14(10)21-8)16(20)11-6-12(17)15(19)13(18)7-11/h2-3,5-8,16,20H,4H2,1H3. The smallest absolute Gasteiger partial charge is 0.194 e. The highest BCUT2D eigenvalue weighted by atomic mass is 19.2. The SMILES string of the molecule is CC1Cc2cc(C(O)c3cc(F)c(F)c(F)c3)ccc2O1. The highest BCUT2D eigenvalue weighted by molar-refractivity contribution is 5.43. The molecular formula is C16H13F3O2. The minimum atomic E-state index is -1.54. The van der Waals surface area contributed by atoms with Gasteiger partial charge >= 0.3 is 0 Å². The summed E-state index contributed by atoms with van der Waals surface area (Å²) in [6.45, 7) is 1.93. The normalized spacial score (nSPS) is 18.2. The molecule has 5 heteroatoms. The second-order valence-corrected chi connectivity index (χ2v) is 5.20. The molecule has 0 saturated heterocycles. The number of ether oxygens (including phenoxy) is 1. The maximum absolute atomic E-state index is 13.2. The lowest BCUT2D eigenvalue weighted by atomic mass is 9.98. The molecule has 1 N–H and O–H groups in total. The van der Waals surface area contributed by atoms with Gasteiger partial charge in [-0.3, -0.25) is 0 Å². The second-order valence-electron chi connectivity index (χ2n) is 5.20. The van der Waals surface area contributed by atoms with Gasteiger partial charge in [0.25, 0.3) is 0 Å². The number of benzene rings is 2. The Morgan fingerprint density at radius 1 is 1.10 bits per heavy atom. The molecule has 0 saturated carbocycles. The Kier molecular flexibility index (Phi) is 3.37. The van der Waals surface area contributed by atoms with E-state index < -0.39 is 23.6 Å². The van der Waals surface area contributed by atoms with Gasteiger partial charge in [-0.1, -0.05) is 6.07 Å². The first-order chi connectivity index (χ1) is 9.95. The molecule has 110 valence electrons. The molecule has 2 aromatic carbocycles. The lowest BCUT2D eigenvalue weighted by Crippen LogP contribution is -2.05. The van der Waals surface area contributed by atoms with Crippen molar-refractivity contribution in [2.45, 2.75) is 25.6 Å². The first-order valence-electron chi connectivity index (χ1n) is 6.57. The summed E-state index contributed by atoms with van der Waals surface area (Å²) in [5, 5.41) is 10.2. The van der Waals surface area contributed by atoms with Gasteiger partial charge in [-0.15, -0.1) is 0 Å². The van der Waals surface area contributed by atoms with E-state index in [1.165, 1.54) is 0 Å². The molecule has 0 fully saturated rings. The zero-order valence-corrected chi connectivity index (χ0v) is 11.2. The van der Waals surface area contributed by atoms with Crippen LogP contribution in [-0.2, 0) is 6.42 Å². The fraction of sp³-hybridized carbons (Fsp3) is 0.250. The largest absolute Gasteiger partial charge is 0.490 e. The van der Waals surface area contributed by atoms with Crippen LogP contribution in [0.3, 0.4) is 0 Å². The van der Waals surface area contributed by atoms with Crippen LogP contribution in [0.4, 0.5) is 13.2 Å². The summed E-state index contributed by atoms with van der Waals surface area (Å²) in [7, 11) is 0. The first kappa shape index (κ1) is 13.9. The molecule has 3 rings (SSSR count). The van der Waals surface area contributed by atoms with E-state index in [2.05, 4.69) is 0 Å². The van der Waals surface area contributed by atoms with Crippen molar-refractivity contribution >= 4 is 0 Å². The number of halogens is 3. The maximum Gasteiger partial charge on any atom is 0.194 e. The third-order valence-electron chi connectivity index (χ3n) is 3.56. The molecule has 0 aromatic heterocycles. The van der Waals surface area contributed by atoms with Crippen LogP contribution < -0.4 is 4.74 Å². The van der Waals surface area contributed by atoms with E-state index in [1.54, 1.807) is 18.2 Å². The van der Waals surface area contributed by atoms with Crippen LogP contribution in [0.15, 0.2) is 30.3 Å². The molecule has 0 amide bonds. The van der Waals surface area contributed by atoms with Crippen molar-refractivity contribution in [3.63, 3.8) is 0 Å². The van der Waals surface area contributed by atoms with Gasteiger partial charge in [-0.05, 0) is 47.9 Å². The molecule has 0 aliphatic carbocycles. The molecule has 1 aliphatic heterocycles. The van der Waals surface area contributed by atoms with Gasteiger partial charge in [0.05, 0.1) is 0 Å². The summed E-state index contributed by atoms with van der Waals surface area (Å²) in [6, 6.07) is 6.68. The molecule has 1 aliphatic rings. The molecule has 0 bridgehead atoms. The van der Waals surface area contributed by atoms with E-state index >= 15 is 0 Å². The average molecular weight is 294 g/mol. The molecule has 21 heavy (non-hydrogen) atoms. The highest BCUT2D eigenvalue weighted by Crippen LogP contribution is 2.33. The van der Waals surface area contributed by atoms with E-state index in [0.717, 1.165) is 23.4 Å². The molecule has 0 radical (unpaired) electrons. The van der Waals surface area contributed by atoms with Crippen LogP contribution in [0.25, 0.3) is 0 Å². The molecular weight excluding hydrogens is 281 g/mol.